The lowest BCUT2D eigenvalue weighted by molar-refractivity contribution is -0.123. The topological polar surface area (TPSA) is 41.6 Å². The highest BCUT2D eigenvalue weighted by molar-refractivity contribution is 5.96. The zero-order valence-electron chi connectivity index (χ0n) is 9.87. The third-order valence-corrected chi connectivity index (χ3v) is 2.96. The highest BCUT2D eigenvalue weighted by atomic mass is 19.1. The maximum Gasteiger partial charge on any atom is 0.232 e. The first-order chi connectivity index (χ1) is 8.13. The third-order valence-electron chi connectivity index (χ3n) is 2.96. The molecule has 1 saturated heterocycles. The number of carbonyl (C=O) groups excluding carboxylic acids is 1. The summed E-state index contributed by atoms with van der Waals surface area (Å²) in [6.45, 7) is 1.36. The van der Waals surface area contributed by atoms with E-state index in [1.165, 1.54) is 30.2 Å². The summed E-state index contributed by atoms with van der Waals surface area (Å²) < 4.78 is 18.3. The number of hydrogen-bond donors (Lipinski definition) is 1. The molecule has 1 N–H and O–H groups in total. The van der Waals surface area contributed by atoms with E-state index in [-0.39, 0.29) is 17.6 Å². The van der Waals surface area contributed by atoms with Crippen LogP contribution in [0.1, 0.15) is 0 Å². The number of carbonyl (C=O) groups is 1. The lowest BCUT2D eigenvalue weighted by atomic mass is 10.0. The number of anilines is 1. The molecule has 0 bridgehead atoms. The van der Waals surface area contributed by atoms with E-state index in [4.69, 9.17) is 4.74 Å². The molecule has 0 atom stereocenters. The van der Waals surface area contributed by atoms with Gasteiger partial charge in [0.05, 0.1) is 18.7 Å². The number of rotatable bonds is 3. The van der Waals surface area contributed by atoms with E-state index in [1.54, 1.807) is 7.05 Å². The molecule has 1 aromatic rings. The average molecular weight is 238 g/mol. The van der Waals surface area contributed by atoms with E-state index in [1.807, 2.05) is 0 Å². The first-order valence-corrected chi connectivity index (χ1v) is 5.45. The Bertz CT molecular complexity index is 433. The molecule has 1 heterocycles. The average Bonchev–Trinajstić information content (AvgIpc) is 2.25. The van der Waals surface area contributed by atoms with Crippen molar-refractivity contribution in [2.45, 2.75) is 0 Å². The number of hydrogen-bond acceptors (Lipinski definition) is 3. The van der Waals surface area contributed by atoms with Crippen molar-refractivity contribution in [1.29, 1.82) is 0 Å². The van der Waals surface area contributed by atoms with Gasteiger partial charge in [0.1, 0.15) is 11.6 Å². The zero-order valence-corrected chi connectivity index (χ0v) is 9.87. The fraction of sp³-hybridized carbons (Fsp3) is 0.417. The number of amides is 1. The SMILES string of the molecule is COc1ccc(F)cc1N(C)C(=O)C1CNC1. The Morgan fingerprint density at radius 1 is 1.53 bits per heavy atom. The summed E-state index contributed by atoms with van der Waals surface area (Å²) in [5.41, 5.74) is 0.462. The molecule has 1 aliphatic rings. The van der Waals surface area contributed by atoms with Crippen LogP contribution in [0.5, 0.6) is 5.75 Å². The molecular formula is C12H15FN2O2. The van der Waals surface area contributed by atoms with Crippen LogP contribution >= 0.6 is 0 Å². The van der Waals surface area contributed by atoms with E-state index in [0.29, 0.717) is 24.5 Å². The van der Waals surface area contributed by atoms with Crippen LogP contribution in [0.25, 0.3) is 0 Å². The van der Waals surface area contributed by atoms with Gasteiger partial charge in [0.2, 0.25) is 5.91 Å². The van der Waals surface area contributed by atoms with Gasteiger partial charge in [-0.1, -0.05) is 0 Å². The maximum atomic E-state index is 13.2. The van der Waals surface area contributed by atoms with Crippen LogP contribution in [0.4, 0.5) is 10.1 Å². The largest absolute Gasteiger partial charge is 0.495 e. The number of benzene rings is 1. The van der Waals surface area contributed by atoms with Crippen molar-refractivity contribution in [3.8, 4) is 5.75 Å². The molecule has 0 aliphatic carbocycles. The Kier molecular flexibility index (Phi) is 3.28. The fourth-order valence-electron chi connectivity index (χ4n) is 1.78. The lowest BCUT2D eigenvalue weighted by Crippen LogP contribution is -2.51. The van der Waals surface area contributed by atoms with Crippen LogP contribution in [0.15, 0.2) is 18.2 Å². The summed E-state index contributed by atoms with van der Waals surface area (Å²) in [6, 6.07) is 4.14. The Hall–Kier alpha value is -1.62. The van der Waals surface area contributed by atoms with Crippen molar-refractivity contribution in [2.24, 2.45) is 5.92 Å². The second-order valence-electron chi connectivity index (χ2n) is 4.07. The standard InChI is InChI=1S/C12H15FN2O2/c1-15(12(16)8-6-14-7-8)10-5-9(13)3-4-11(10)17-2/h3-5,8,14H,6-7H2,1-2H3. The van der Waals surface area contributed by atoms with Gasteiger partial charge in [-0.2, -0.15) is 0 Å². The van der Waals surface area contributed by atoms with E-state index in [9.17, 15) is 9.18 Å². The minimum atomic E-state index is -0.382. The van der Waals surface area contributed by atoms with Crippen LogP contribution in [0.2, 0.25) is 0 Å². The van der Waals surface area contributed by atoms with Gasteiger partial charge in [-0.15, -0.1) is 0 Å². The van der Waals surface area contributed by atoms with Gasteiger partial charge in [-0.05, 0) is 12.1 Å². The molecular weight excluding hydrogens is 223 g/mol. The van der Waals surface area contributed by atoms with Crippen molar-refractivity contribution in [2.75, 3.05) is 32.1 Å². The Morgan fingerprint density at radius 3 is 2.76 bits per heavy atom. The number of halogens is 1. The van der Waals surface area contributed by atoms with Crippen LogP contribution in [0.3, 0.4) is 0 Å². The van der Waals surface area contributed by atoms with Gasteiger partial charge in [0, 0.05) is 26.2 Å². The van der Waals surface area contributed by atoms with E-state index in [0.717, 1.165) is 0 Å². The summed E-state index contributed by atoms with van der Waals surface area (Å²) >= 11 is 0. The monoisotopic (exact) mass is 238 g/mol. The van der Waals surface area contributed by atoms with E-state index in [2.05, 4.69) is 5.32 Å². The van der Waals surface area contributed by atoms with Crippen LogP contribution in [-0.2, 0) is 4.79 Å². The number of nitrogens with zero attached hydrogens (tertiary/aromatic N) is 1. The number of ether oxygens (including phenoxy) is 1. The quantitative estimate of drug-likeness (QED) is 0.854. The summed E-state index contributed by atoms with van der Waals surface area (Å²) in [5, 5.41) is 3.04. The molecule has 5 heteroatoms. The second kappa shape index (κ2) is 4.71. The molecule has 4 nitrogen and oxygen atoms in total. The van der Waals surface area contributed by atoms with Gasteiger partial charge in [0.15, 0.2) is 0 Å². The zero-order chi connectivity index (χ0) is 12.4. The van der Waals surface area contributed by atoms with Gasteiger partial charge >= 0.3 is 0 Å². The molecule has 17 heavy (non-hydrogen) atoms. The molecule has 0 radical (unpaired) electrons. The minimum absolute atomic E-state index is 0.0204. The predicted molar refractivity (Wildman–Crippen MR) is 62.7 cm³/mol. The first-order valence-electron chi connectivity index (χ1n) is 5.45. The molecule has 0 spiro atoms. The third kappa shape index (κ3) is 2.24. The number of methoxy groups -OCH3 is 1. The normalized spacial score (nSPS) is 15.2. The second-order valence-corrected chi connectivity index (χ2v) is 4.07. The van der Waals surface area contributed by atoms with Crippen molar-refractivity contribution >= 4 is 11.6 Å². The summed E-state index contributed by atoms with van der Waals surface area (Å²) in [5.74, 6) is 0.0716. The van der Waals surface area contributed by atoms with Crippen LogP contribution in [-0.4, -0.2) is 33.2 Å². The van der Waals surface area contributed by atoms with Crippen molar-refractivity contribution in [3.05, 3.63) is 24.0 Å². The minimum Gasteiger partial charge on any atom is -0.495 e. The Labute approximate surface area is 99.4 Å². The van der Waals surface area contributed by atoms with Gasteiger partial charge < -0.3 is 15.0 Å². The van der Waals surface area contributed by atoms with E-state index < -0.39 is 0 Å². The molecule has 0 unspecified atom stereocenters. The van der Waals surface area contributed by atoms with Crippen LogP contribution < -0.4 is 15.0 Å². The van der Waals surface area contributed by atoms with Crippen molar-refractivity contribution in [3.63, 3.8) is 0 Å². The predicted octanol–water partition coefficient (Wildman–Crippen LogP) is 1.02. The molecule has 1 amide bonds. The van der Waals surface area contributed by atoms with Crippen molar-refractivity contribution < 1.29 is 13.9 Å². The highest BCUT2D eigenvalue weighted by Crippen LogP contribution is 2.29. The fourth-order valence-corrected chi connectivity index (χ4v) is 1.78. The molecule has 0 saturated carbocycles. The van der Waals surface area contributed by atoms with Crippen LogP contribution in [0, 0.1) is 11.7 Å². The maximum absolute atomic E-state index is 13.2. The number of nitrogens with one attached hydrogen (secondary N) is 1. The van der Waals surface area contributed by atoms with Crippen molar-refractivity contribution in [1.82, 2.24) is 5.32 Å². The molecule has 0 aromatic heterocycles. The Balaban J connectivity index is 2.25. The Morgan fingerprint density at radius 2 is 2.24 bits per heavy atom. The van der Waals surface area contributed by atoms with Gasteiger partial charge in [-0.3, -0.25) is 4.79 Å². The smallest absolute Gasteiger partial charge is 0.232 e. The highest BCUT2D eigenvalue weighted by Gasteiger charge is 2.29. The molecule has 1 fully saturated rings. The summed E-state index contributed by atoms with van der Waals surface area (Å²) in [4.78, 5) is 13.5. The molecule has 92 valence electrons. The lowest BCUT2D eigenvalue weighted by Gasteiger charge is -2.30. The van der Waals surface area contributed by atoms with Gasteiger partial charge in [0.25, 0.3) is 0 Å². The van der Waals surface area contributed by atoms with E-state index >= 15 is 0 Å². The molecule has 1 aromatic carbocycles. The summed E-state index contributed by atoms with van der Waals surface area (Å²) in [7, 11) is 3.14. The molecule has 1 aliphatic heterocycles. The first kappa shape index (κ1) is 11.9. The molecule has 2 rings (SSSR count). The summed E-state index contributed by atoms with van der Waals surface area (Å²) in [6.07, 6.45) is 0. The van der Waals surface area contributed by atoms with Gasteiger partial charge in [-0.25, -0.2) is 4.39 Å².